The Labute approximate surface area is 151 Å². The Morgan fingerprint density at radius 1 is 1.23 bits per heavy atom. The van der Waals surface area contributed by atoms with Gasteiger partial charge in [0.2, 0.25) is 11.8 Å². The van der Waals surface area contributed by atoms with Crippen LogP contribution in [0.4, 0.5) is 10.1 Å². The van der Waals surface area contributed by atoms with Crippen molar-refractivity contribution < 1.29 is 18.7 Å². The number of amides is 1. The van der Waals surface area contributed by atoms with Crippen molar-refractivity contribution in [2.45, 2.75) is 12.8 Å². The number of methoxy groups -OCH3 is 1. The number of aromatic nitrogens is 1. The number of piperidine rings is 1. The molecular weight excluding hydrogens is 337 g/mol. The highest BCUT2D eigenvalue weighted by molar-refractivity contribution is 5.95. The number of nitrogens with one attached hydrogen (secondary N) is 2. The summed E-state index contributed by atoms with van der Waals surface area (Å²) in [5.74, 6) is 0.466. The minimum Gasteiger partial charge on any atom is -0.439 e. The molecule has 0 bridgehead atoms. The van der Waals surface area contributed by atoms with E-state index in [2.05, 4.69) is 15.6 Å². The first-order valence-corrected chi connectivity index (χ1v) is 8.52. The normalized spacial score (nSPS) is 16.1. The van der Waals surface area contributed by atoms with Crippen LogP contribution in [-0.2, 0) is 9.53 Å². The first-order chi connectivity index (χ1) is 12.6. The van der Waals surface area contributed by atoms with Gasteiger partial charge in [-0.15, -0.1) is 0 Å². The van der Waals surface area contributed by atoms with Crippen molar-refractivity contribution in [1.29, 1.82) is 0 Å². The summed E-state index contributed by atoms with van der Waals surface area (Å²) in [5.41, 5.74) is 0.0685. The average molecular weight is 359 g/mol. The van der Waals surface area contributed by atoms with Gasteiger partial charge >= 0.3 is 0 Å². The van der Waals surface area contributed by atoms with Gasteiger partial charge in [0.05, 0.1) is 23.9 Å². The molecule has 7 heteroatoms. The number of halogens is 1. The van der Waals surface area contributed by atoms with Crippen molar-refractivity contribution >= 4 is 11.6 Å². The summed E-state index contributed by atoms with van der Waals surface area (Å²) in [6.45, 7) is 1.97. The fourth-order valence-corrected chi connectivity index (χ4v) is 3.02. The standard InChI is InChI=1S/C19H22FN3O3/c1-25-13-19(8-10-21-11-9-19)18(24)23-15-4-7-17(22-12-15)26-16-5-2-14(20)3-6-16/h2-7,12,21H,8-11,13H2,1H3,(H,23,24). The molecule has 1 amide bonds. The van der Waals surface area contributed by atoms with Gasteiger partial charge < -0.3 is 20.1 Å². The van der Waals surface area contributed by atoms with Crippen LogP contribution in [-0.4, -0.2) is 37.7 Å². The highest BCUT2D eigenvalue weighted by Gasteiger charge is 2.39. The summed E-state index contributed by atoms with van der Waals surface area (Å²) >= 11 is 0. The van der Waals surface area contributed by atoms with Gasteiger partial charge in [-0.1, -0.05) is 0 Å². The molecular formula is C19H22FN3O3. The molecule has 3 rings (SSSR count). The quantitative estimate of drug-likeness (QED) is 0.830. The number of pyridine rings is 1. The molecule has 1 aliphatic rings. The number of nitrogens with zero attached hydrogens (tertiary/aromatic N) is 1. The fraction of sp³-hybridized carbons (Fsp3) is 0.368. The molecule has 1 saturated heterocycles. The van der Waals surface area contributed by atoms with Crippen molar-refractivity contribution in [3.05, 3.63) is 48.4 Å². The van der Waals surface area contributed by atoms with E-state index in [4.69, 9.17) is 9.47 Å². The monoisotopic (exact) mass is 359 g/mol. The second-order valence-electron chi connectivity index (χ2n) is 6.36. The lowest BCUT2D eigenvalue weighted by atomic mass is 9.78. The lowest BCUT2D eigenvalue weighted by Crippen LogP contribution is -2.47. The Bertz CT molecular complexity index is 723. The van der Waals surface area contributed by atoms with E-state index < -0.39 is 5.41 Å². The van der Waals surface area contributed by atoms with Crippen LogP contribution in [0.5, 0.6) is 11.6 Å². The third-order valence-corrected chi connectivity index (χ3v) is 4.49. The van der Waals surface area contributed by atoms with Crippen LogP contribution < -0.4 is 15.4 Å². The molecule has 2 N–H and O–H groups in total. The van der Waals surface area contributed by atoms with E-state index in [1.165, 1.54) is 24.3 Å². The summed E-state index contributed by atoms with van der Waals surface area (Å²) < 4.78 is 23.8. The molecule has 2 aromatic rings. The van der Waals surface area contributed by atoms with Crippen molar-refractivity contribution in [1.82, 2.24) is 10.3 Å². The molecule has 1 fully saturated rings. The predicted octanol–water partition coefficient (Wildman–Crippen LogP) is 2.97. The minimum atomic E-state index is -0.525. The number of rotatable bonds is 6. The van der Waals surface area contributed by atoms with Crippen molar-refractivity contribution in [3.8, 4) is 11.6 Å². The van der Waals surface area contributed by atoms with Gasteiger partial charge in [0, 0.05) is 13.2 Å². The van der Waals surface area contributed by atoms with Gasteiger partial charge in [0.1, 0.15) is 11.6 Å². The first kappa shape index (κ1) is 18.3. The van der Waals surface area contributed by atoms with E-state index in [1.807, 2.05) is 0 Å². The van der Waals surface area contributed by atoms with Crippen LogP contribution >= 0.6 is 0 Å². The van der Waals surface area contributed by atoms with Gasteiger partial charge in [-0.05, 0) is 56.3 Å². The molecule has 6 nitrogen and oxygen atoms in total. The molecule has 0 saturated carbocycles. The highest BCUT2D eigenvalue weighted by atomic mass is 19.1. The summed E-state index contributed by atoms with van der Waals surface area (Å²) in [5, 5.41) is 6.18. The predicted molar refractivity (Wildman–Crippen MR) is 95.8 cm³/mol. The lowest BCUT2D eigenvalue weighted by molar-refractivity contribution is -0.130. The van der Waals surface area contributed by atoms with Crippen LogP contribution in [0.1, 0.15) is 12.8 Å². The molecule has 1 aliphatic heterocycles. The van der Waals surface area contributed by atoms with E-state index in [0.29, 0.717) is 23.9 Å². The van der Waals surface area contributed by atoms with E-state index in [9.17, 15) is 9.18 Å². The summed E-state index contributed by atoms with van der Waals surface area (Å²) in [7, 11) is 1.61. The molecule has 0 unspecified atom stereocenters. The zero-order valence-electron chi connectivity index (χ0n) is 14.6. The molecule has 1 aromatic carbocycles. The van der Waals surface area contributed by atoms with Crippen LogP contribution in [0.2, 0.25) is 0 Å². The topological polar surface area (TPSA) is 72.5 Å². The Morgan fingerprint density at radius 2 is 1.96 bits per heavy atom. The zero-order chi connectivity index (χ0) is 18.4. The van der Waals surface area contributed by atoms with Crippen molar-refractivity contribution in [2.24, 2.45) is 5.41 Å². The molecule has 138 valence electrons. The average Bonchev–Trinajstić information content (AvgIpc) is 2.66. The number of anilines is 1. The summed E-state index contributed by atoms with van der Waals surface area (Å²) in [4.78, 5) is 17.0. The van der Waals surface area contributed by atoms with Gasteiger partial charge in [-0.25, -0.2) is 9.37 Å². The van der Waals surface area contributed by atoms with Gasteiger partial charge in [0.25, 0.3) is 0 Å². The number of ether oxygens (including phenoxy) is 2. The van der Waals surface area contributed by atoms with Gasteiger partial charge in [-0.3, -0.25) is 4.79 Å². The Balaban J connectivity index is 1.64. The van der Waals surface area contributed by atoms with E-state index >= 15 is 0 Å². The fourth-order valence-electron chi connectivity index (χ4n) is 3.02. The highest BCUT2D eigenvalue weighted by Crippen LogP contribution is 2.31. The van der Waals surface area contributed by atoms with E-state index in [0.717, 1.165) is 25.9 Å². The Hall–Kier alpha value is -2.51. The Morgan fingerprint density at radius 3 is 2.58 bits per heavy atom. The van der Waals surface area contributed by atoms with Crippen LogP contribution in [0.25, 0.3) is 0 Å². The minimum absolute atomic E-state index is 0.0603. The van der Waals surface area contributed by atoms with Crippen molar-refractivity contribution in [3.63, 3.8) is 0 Å². The van der Waals surface area contributed by atoms with Crippen molar-refractivity contribution in [2.75, 3.05) is 32.1 Å². The maximum absolute atomic E-state index is 12.9. The van der Waals surface area contributed by atoms with Crippen LogP contribution in [0.3, 0.4) is 0 Å². The molecule has 26 heavy (non-hydrogen) atoms. The summed E-state index contributed by atoms with van der Waals surface area (Å²) in [6.07, 6.45) is 3.00. The maximum atomic E-state index is 12.9. The second kappa shape index (κ2) is 8.25. The molecule has 0 radical (unpaired) electrons. The number of hydrogen-bond acceptors (Lipinski definition) is 5. The third kappa shape index (κ3) is 4.36. The smallest absolute Gasteiger partial charge is 0.233 e. The number of hydrogen-bond donors (Lipinski definition) is 2. The molecule has 1 aromatic heterocycles. The zero-order valence-corrected chi connectivity index (χ0v) is 14.6. The molecule has 0 aliphatic carbocycles. The first-order valence-electron chi connectivity index (χ1n) is 8.52. The molecule has 2 heterocycles. The van der Waals surface area contributed by atoms with E-state index in [1.54, 1.807) is 25.4 Å². The summed E-state index contributed by atoms with van der Waals surface area (Å²) in [6, 6.07) is 9.07. The maximum Gasteiger partial charge on any atom is 0.233 e. The van der Waals surface area contributed by atoms with Crippen LogP contribution in [0, 0.1) is 11.2 Å². The second-order valence-corrected chi connectivity index (χ2v) is 6.36. The largest absolute Gasteiger partial charge is 0.439 e. The number of carbonyl (C=O) groups excluding carboxylic acids is 1. The lowest BCUT2D eigenvalue weighted by Gasteiger charge is -2.35. The van der Waals surface area contributed by atoms with E-state index in [-0.39, 0.29) is 11.7 Å². The van der Waals surface area contributed by atoms with Gasteiger partial charge in [0.15, 0.2) is 0 Å². The number of benzene rings is 1. The third-order valence-electron chi connectivity index (χ3n) is 4.49. The van der Waals surface area contributed by atoms with Crippen LogP contribution in [0.15, 0.2) is 42.6 Å². The number of carbonyl (C=O) groups is 1. The molecule has 0 spiro atoms. The SMILES string of the molecule is COCC1(C(=O)Nc2ccc(Oc3ccc(F)cc3)nc2)CCNCC1. The van der Waals surface area contributed by atoms with Gasteiger partial charge in [-0.2, -0.15) is 0 Å². The molecule has 0 atom stereocenters. The Kier molecular flexibility index (Phi) is 5.80.